The van der Waals surface area contributed by atoms with Crippen molar-refractivity contribution in [3.63, 3.8) is 0 Å². The molecule has 0 spiro atoms. The number of nitrogens with two attached hydrogens (primary N) is 1. The van der Waals surface area contributed by atoms with Gasteiger partial charge >= 0.3 is 0 Å². The number of nitrogens with zero attached hydrogens (tertiary/aromatic N) is 1. The molecule has 0 saturated heterocycles. The fourth-order valence-corrected chi connectivity index (χ4v) is 2.21. The van der Waals surface area contributed by atoms with E-state index in [0.717, 1.165) is 22.4 Å². The molecule has 0 aliphatic carbocycles. The highest BCUT2D eigenvalue weighted by Gasteiger charge is 2.17. The molecular formula is C17H20N2O. The average Bonchev–Trinajstić information content (AvgIpc) is 2.49. The fraction of sp³-hybridized carbons (Fsp3) is 0.235. The van der Waals surface area contributed by atoms with Gasteiger partial charge in [-0.1, -0.05) is 30.3 Å². The molecule has 2 aromatic rings. The van der Waals surface area contributed by atoms with Crippen molar-refractivity contribution in [1.82, 2.24) is 0 Å². The van der Waals surface area contributed by atoms with E-state index in [4.69, 9.17) is 5.73 Å². The summed E-state index contributed by atoms with van der Waals surface area (Å²) in [5.74, 6) is 0.0334. The lowest BCUT2D eigenvalue weighted by Crippen LogP contribution is -2.31. The Labute approximate surface area is 120 Å². The molecule has 0 fully saturated rings. The van der Waals surface area contributed by atoms with Crippen LogP contribution in [0.5, 0.6) is 0 Å². The lowest BCUT2D eigenvalue weighted by Gasteiger charge is -2.22. The summed E-state index contributed by atoms with van der Waals surface area (Å²) >= 11 is 0. The number of hydrogen-bond acceptors (Lipinski definition) is 2. The van der Waals surface area contributed by atoms with Crippen LogP contribution in [0.15, 0.2) is 48.5 Å². The molecule has 0 saturated carbocycles. The Balaban J connectivity index is 2.32. The number of carbonyl (C=O) groups excluding carboxylic acids is 1. The Morgan fingerprint density at radius 1 is 1.10 bits per heavy atom. The zero-order valence-electron chi connectivity index (χ0n) is 12.0. The van der Waals surface area contributed by atoms with E-state index in [0.29, 0.717) is 13.1 Å². The third-order valence-corrected chi connectivity index (χ3v) is 3.42. The van der Waals surface area contributed by atoms with Gasteiger partial charge in [0.2, 0.25) is 0 Å². The maximum Gasteiger partial charge on any atom is 0.258 e. The molecule has 0 radical (unpaired) electrons. The minimum absolute atomic E-state index is 0.0334. The Bertz CT molecular complexity index is 590. The predicted octanol–water partition coefficient (Wildman–Crippen LogP) is 3.12. The Kier molecular flexibility index (Phi) is 4.53. The minimum atomic E-state index is 0.0334. The number of hydrogen-bond donors (Lipinski definition) is 1. The first-order chi connectivity index (χ1) is 9.67. The van der Waals surface area contributed by atoms with Crippen molar-refractivity contribution in [3.8, 4) is 0 Å². The molecule has 0 aliphatic rings. The third-order valence-electron chi connectivity index (χ3n) is 3.42. The van der Waals surface area contributed by atoms with Gasteiger partial charge in [-0.25, -0.2) is 0 Å². The van der Waals surface area contributed by atoms with Crippen LogP contribution in [0.4, 0.5) is 5.69 Å². The highest BCUT2D eigenvalue weighted by Crippen LogP contribution is 2.19. The SMILES string of the molecule is CCN(C(=O)c1ccccc1C)c1ccc(CN)cc1. The second-order valence-corrected chi connectivity index (χ2v) is 4.73. The maximum absolute atomic E-state index is 12.7. The predicted molar refractivity (Wildman–Crippen MR) is 82.9 cm³/mol. The summed E-state index contributed by atoms with van der Waals surface area (Å²) in [5.41, 5.74) is 9.31. The van der Waals surface area contributed by atoms with E-state index >= 15 is 0 Å². The van der Waals surface area contributed by atoms with Gasteiger partial charge < -0.3 is 10.6 Å². The van der Waals surface area contributed by atoms with Gasteiger partial charge in [-0.15, -0.1) is 0 Å². The van der Waals surface area contributed by atoms with Crippen LogP contribution in [0.25, 0.3) is 0 Å². The molecule has 0 unspecified atom stereocenters. The summed E-state index contributed by atoms with van der Waals surface area (Å²) in [5, 5.41) is 0. The quantitative estimate of drug-likeness (QED) is 0.926. The van der Waals surface area contributed by atoms with Gasteiger partial charge in [-0.05, 0) is 43.2 Å². The molecule has 0 aliphatic heterocycles. The summed E-state index contributed by atoms with van der Waals surface area (Å²) in [4.78, 5) is 14.4. The lowest BCUT2D eigenvalue weighted by molar-refractivity contribution is 0.0987. The average molecular weight is 268 g/mol. The molecule has 0 heterocycles. The van der Waals surface area contributed by atoms with E-state index in [2.05, 4.69) is 0 Å². The summed E-state index contributed by atoms with van der Waals surface area (Å²) in [6, 6.07) is 15.5. The second kappa shape index (κ2) is 6.35. The largest absolute Gasteiger partial charge is 0.326 e. The van der Waals surface area contributed by atoms with Crippen LogP contribution >= 0.6 is 0 Å². The minimum Gasteiger partial charge on any atom is -0.326 e. The zero-order chi connectivity index (χ0) is 14.5. The number of amides is 1. The molecule has 2 N–H and O–H groups in total. The van der Waals surface area contributed by atoms with Gasteiger partial charge in [0.1, 0.15) is 0 Å². The molecule has 0 atom stereocenters. The lowest BCUT2D eigenvalue weighted by atomic mass is 10.1. The van der Waals surface area contributed by atoms with Crippen LogP contribution in [0.1, 0.15) is 28.4 Å². The van der Waals surface area contributed by atoms with E-state index in [1.54, 1.807) is 4.90 Å². The Morgan fingerprint density at radius 2 is 1.75 bits per heavy atom. The summed E-state index contributed by atoms with van der Waals surface area (Å²) in [7, 11) is 0. The number of rotatable bonds is 4. The topological polar surface area (TPSA) is 46.3 Å². The van der Waals surface area contributed by atoms with Crippen molar-refractivity contribution in [2.75, 3.05) is 11.4 Å². The van der Waals surface area contributed by atoms with Crippen molar-refractivity contribution in [1.29, 1.82) is 0 Å². The number of benzene rings is 2. The van der Waals surface area contributed by atoms with E-state index < -0.39 is 0 Å². The fourth-order valence-electron chi connectivity index (χ4n) is 2.21. The van der Waals surface area contributed by atoms with Gasteiger partial charge in [-0.2, -0.15) is 0 Å². The van der Waals surface area contributed by atoms with E-state index in [-0.39, 0.29) is 5.91 Å². The molecule has 3 heteroatoms. The summed E-state index contributed by atoms with van der Waals surface area (Å²) < 4.78 is 0. The van der Waals surface area contributed by atoms with Gasteiger partial charge in [0.15, 0.2) is 0 Å². The number of aryl methyl sites for hydroxylation is 1. The highest BCUT2D eigenvalue weighted by molar-refractivity contribution is 6.06. The van der Waals surface area contributed by atoms with Crippen LogP contribution in [0.3, 0.4) is 0 Å². The van der Waals surface area contributed by atoms with Crippen LogP contribution in [0.2, 0.25) is 0 Å². The molecule has 3 nitrogen and oxygen atoms in total. The normalized spacial score (nSPS) is 10.3. The summed E-state index contributed by atoms with van der Waals surface area (Å²) in [6.45, 7) is 5.08. The van der Waals surface area contributed by atoms with Gasteiger partial charge in [0.05, 0.1) is 0 Å². The molecule has 2 aromatic carbocycles. The summed E-state index contributed by atoms with van der Waals surface area (Å²) in [6.07, 6.45) is 0. The van der Waals surface area contributed by atoms with Gasteiger partial charge in [0, 0.05) is 24.3 Å². The molecule has 0 bridgehead atoms. The molecule has 20 heavy (non-hydrogen) atoms. The van der Waals surface area contributed by atoms with Gasteiger partial charge in [-0.3, -0.25) is 4.79 Å². The Morgan fingerprint density at radius 3 is 2.30 bits per heavy atom. The smallest absolute Gasteiger partial charge is 0.258 e. The molecule has 2 rings (SSSR count). The first-order valence-electron chi connectivity index (χ1n) is 6.84. The molecular weight excluding hydrogens is 248 g/mol. The van der Waals surface area contributed by atoms with E-state index in [1.165, 1.54) is 0 Å². The van der Waals surface area contributed by atoms with Crippen molar-refractivity contribution < 1.29 is 4.79 Å². The first kappa shape index (κ1) is 14.3. The van der Waals surface area contributed by atoms with Crippen molar-refractivity contribution in [2.45, 2.75) is 20.4 Å². The monoisotopic (exact) mass is 268 g/mol. The van der Waals surface area contributed by atoms with Gasteiger partial charge in [0.25, 0.3) is 5.91 Å². The number of anilines is 1. The number of carbonyl (C=O) groups is 1. The van der Waals surface area contributed by atoms with E-state index in [9.17, 15) is 4.79 Å². The Hall–Kier alpha value is -2.13. The van der Waals surface area contributed by atoms with Crippen molar-refractivity contribution in [2.24, 2.45) is 5.73 Å². The van der Waals surface area contributed by atoms with Crippen LogP contribution < -0.4 is 10.6 Å². The van der Waals surface area contributed by atoms with Crippen molar-refractivity contribution in [3.05, 3.63) is 65.2 Å². The maximum atomic E-state index is 12.7. The zero-order valence-corrected chi connectivity index (χ0v) is 12.0. The molecule has 0 aromatic heterocycles. The van der Waals surface area contributed by atoms with Crippen molar-refractivity contribution >= 4 is 11.6 Å². The molecule has 1 amide bonds. The van der Waals surface area contributed by atoms with Crippen LogP contribution in [-0.4, -0.2) is 12.5 Å². The highest BCUT2D eigenvalue weighted by atomic mass is 16.2. The molecule has 104 valence electrons. The second-order valence-electron chi connectivity index (χ2n) is 4.73. The van der Waals surface area contributed by atoms with Crippen LogP contribution in [-0.2, 0) is 6.54 Å². The first-order valence-corrected chi connectivity index (χ1v) is 6.84. The van der Waals surface area contributed by atoms with E-state index in [1.807, 2.05) is 62.4 Å². The standard InChI is InChI=1S/C17H20N2O/c1-3-19(15-10-8-14(12-18)9-11-15)17(20)16-7-5-4-6-13(16)2/h4-11H,3,12,18H2,1-2H3. The third kappa shape index (κ3) is 2.89. The van der Waals surface area contributed by atoms with Crippen LogP contribution in [0, 0.1) is 6.92 Å².